The van der Waals surface area contributed by atoms with Crippen LogP contribution in [0.5, 0.6) is 0 Å². The maximum Gasteiger partial charge on any atom is 0.196 e. The lowest BCUT2D eigenvalue weighted by Gasteiger charge is -2.12. The maximum atomic E-state index is 11.7. The van der Waals surface area contributed by atoms with Gasteiger partial charge in [-0.3, -0.25) is 9.89 Å². The lowest BCUT2D eigenvalue weighted by Crippen LogP contribution is -2.30. The van der Waals surface area contributed by atoms with Crippen molar-refractivity contribution in [1.82, 2.24) is 25.1 Å². The molecule has 0 atom stereocenters. The monoisotopic (exact) mass is 231 g/mol. The highest BCUT2D eigenvalue weighted by atomic mass is 16.1. The second-order valence-electron chi connectivity index (χ2n) is 4.25. The fourth-order valence-corrected chi connectivity index (χ4v) is 2.10. The van der Waals surface area contributed by atoms with Crippen molar-refractivity contribution in [2.75, 3.05) is 6.54 Å². The summed E-state index contributed by atoms with van der Waals surface area (Å²) in [6, 6.07) is 1.92. The zero-order valence-corrected chi connectivity index (χ0v) is 9.74. The van der Waals surface area contributed by atoms with E-state index in [0.29, 0.717) is 18.8 Å². The highest BCUT2D eigenvalue weighted by molar-refractivity contribution is 5.98. The molecule has 0 amide bonds. The Balaban J connectivity index is 2.16. The molecule has 0 bridgehead atoms. The average molecular weight is 231 g/mol. The minimum Gasteiger partial charge on any atom is -0.328 e. The summed E-state index contributed by atoms with van der Waals surface area (Å²) in [5, 5.41) is 10.1. The summed E-state index contributed by atoms with van der Waals surface area (Å²) in [4.78, 5) is 16.1. The number of nitrogens with zero attached hydrogens (tertiary/aromatic N) is 3. The van der Waals surface area contributed by atoms with Gasteiger partial charge in [0.2, 0.25) is 0 Å². The number of hydrogen-bond donors (Lipinski definition) is 2. The predicted octanol–water partition coefficient (Wildman–Crippen LogP) is 0.405. The number of rotatable bonds is 1. The number of aromatic nitrogens is 4. The van der Waals surface area contributed by atoms with Gasteiger partial charge < -0.3 is 9.88 Å². The summed E-state index contributed by atoms with van der Waals surface area (Å²) in [6.45, 7) is 2.98. The number of H-pyrrole nitrogens is 1. The van der Waals surface area contributed by atoms with E-state index in [0.717, 1.165) is 22.9 Å². The minimum absolute atomic E-state index is 0.0420. The number of carbonyl (C=O) groups is 1. The second-order valence-corrected chi connectivity index (χ2v) is 4.25. The molecule has 1 aliphatic rings. The van der Waals surface area contributed by atoms with E-state index in [4.69, 9.17) is 0 Å². The van der Waals surface area contributed by atoms with Crippen LogP contribution in [0.2, 0.25) is 0 Å². The van der Waals surface area contributed by atoms with Crippen LogP contribution in [0, 0.1) is 6.92 Å². The first-order valence-corrected chi connectivity index (χ1v) is 5.48. The summed E-state index contributed by atoms with van der Waals surface area (Å²) in [7, 11) is 1.91. The van der Waals surface area contributed by atoms with E-state index in [2.05, 4.69) is 20.5 Å². The van der Waals surface area contributed by atoms with Crippen molar-refractivity contribution < 1.29 is 4.79 Å². The summed E-state index contributed by atoms with van der Waals surface area (Å²) >= 11 is 0. The van der Waals surface area contributed by atoms with Crippen molar-refractivity contribution in [3.05, 3.63) is 23.1 Å². The number of carbonyl (C=O) groups excluding carboxylic acids is 1. The summed E-state index contributed by atoms with van der Waals surface area (Å²) < 4.78 is 1.93. The van der Waals surface area contributed by atoms with Crippen molar-refractivity contribution >= 4 is 5.78 Å². The highest BCUT2D eigenvalue weighted by Gasteiger charge is 2.25. The minimum atomic E-state index is 0.0420. The molecule has 6 heteroatoms. The molecule has 0 aliphatic carbocycles. The molecule has 2 aromatic heterocycles. The molecule has 0 saturated carbocycles. The number of aromatic amines is 1. The Morgan fingerprint density at radius 3 is 2.88 bits per heavy atom. The Morgan fingerprint density at radius 2 is 2.24 bits per heavy atom. The highest BCUT2D eigenvalue weighted by Crippen LogP contribution is 2.22. The van der Waals surface area contributed by atoms with Gasteiger partial charge in [-0.15, -0.1) is 0 Å². The number of fused-ring (bicyclic) bond motifs is 1. The quantitative estimate of drug-likeness (QED) is 0.745. The van der Waals surface area contributed by atoms with Gasteiger partial charge >= 0.3 is 0 Å². The largest absolute Gasteiger partial charge is 0.328 e. The molecule has 2 N–H and O–H groups in total. The number of aryl methyl sites for hydroxylation is 1. The molecule has 0 aromatic carbocycles. The molecule has 17 heavy (non-hydrogen) atoms. The van der Waals surface area contributed by atoms with Crippen LogP contribution in [0.4, 0.5) is 0 Å². The Hall–Kier alpha value is -1.95. The van der Waals surface area contributed by atoms with Crippen molar-refractivity contribution in [2.24, 2.45) is 7.05 Å². The van der Waals surface area contributed by atoms with E-state index in [1.165, 1.54) is 0 Å². The lowest BCUT2D eigenvalue weighted by molar-refractivity contribution is 0.0977. The van der Waals surface area contributed by atoms with Crippen LogP contribution in [0.3, 0.4) is 0 Å². The molecular formula is C11H13N5O. The van der Waals surface area contributed by atoms with E-state index in [1.807, 2.05) is 24.6 Å². The van der Waals surface area contributed by atoms with Gasteiger partial charge in [-0.25, -0.2) is 4.98 Å². The second kappa shape index (κ2) is 3.53. The molecule has 3 rings (SSSR count). The molecule has 0 saturated heterocycles. The molecule has 0 spiro atoms. The topological polar surface area (TPSA) is 75.6 Å². The number of nitrogens with one attached hydrogen (secondary N) is 2. The summed E-state index contributed by atoms with van der Waals surface area (Å²) in [5.74, 6) is 0.775. The van der Waals surface area contributed by atoms with E-state index in [-0.39, 0.29) is 5.78 Å². The number of imidazole rings is 1. The number of Topliss-reactive ketones (excluding diaryl/α,β-unsaturated/α-hetero) is 1. The first-order chi connectivity index (χ1) is 8.16. The van der Waals surface area contributed by atoms with Gasteiger partial charge in [0, 0.05) is 19.3 Å². The summed E-state index contributed by atoms with van der Waals surface area (Å²) in [6.07, 6.45) is 0. The number of ketones is 1. The Labute approximate surface area is 98.1 Å². The SMILES string of the molecule is Cc1cc(-c2nc3c(n2C)CNCC3=O)n[nH]1. The van der Waals surface area contributed by atoms with Crippen LogP contribution < -0.4 is 5.32 Å². The van der Waals surface area contributed by atoms with Crippen LogP contribution >= 0.6 is 0 Å². The first kappa shape index (κ1) is 10.2. The Bertz CT molecular complexity index is 595. The molecule has 2 aromatic rings. The predicted molar refractivity (Wildman–Crippen MR) is 61.6 cm³/mol. The Kier molecular flexibility index (Phi) is 2.12. The third kappa shape index (κ3) is 1.49. The van der Waals surface area contributed by atoms with Crippen molar-refractivity contribution in [3.63, 3.8) is 0 Å². The van der Waals surface area contributed by atoms with Crippen LogP contribution in [0.1, 0.15) is 21.9 Å². The van der Waals surface area contributed by atoms with Gasteiger partial charge in [-0.2, -0.15) is 5.10 Å². The van der Waals surface area contributed by atoms with Crippen molar-refractivity contribution in [3.8, 4) is 11.5 Å². The molecule has 1 aliphatic heterocycles. The smallest absolute Gasteiger partial charge is 0.196 e. The van der Waals surface area contributed by atoms with Gasteiger partial charge in [0.1, 0.15) is 11.4 Å². The molecule has 6 nitrogen and oxygen atoms in total. The number of hydrogen-bond acceptors (Lipinski definition) is 4. The van der Waals surface area contributed by atoms with E-state index < -0.39 is 0 Å². The van der Waals surface area contributed by atoms with Crippen LogP contribution in [-0.2, 0) is 13.6 Å². The van der Waals surface area contributed by atoms with E-state index >= 15 is 0 Å². The van der Waals surface area contributed by atoms with Gasteiger partial charge in [0.05, 0.1) is 12.2 Å². The van der Waals surface area contributed by atoms with Gasteiger partial charge in [0.15, 0.2) is 11.6 Å². The van der Waals surface area contributed by atoms with Crippen molar-refractivity contribution in [2.45, 2.75) is 13.5 Å². The zero-order chi connectivity index (χ0) is 12.0. The van der Waals surface area contributed by atoms with E-state index in [9.17, 15) is 4.79 Å². The first-order valence-electron chi connectivity index (χ1n) is 5.48. The van der Waals surface area contributed by atoms with Gasteiger partial charge in [-0.1, -0.05) is 0 Å². The molecule has 0 fully saturated rings. The van der Waals surface area contributed by atoms with E-state index in [1.54, 1.807) is 0 Å². The fourth-order valence-electron chi connectivity index (χ4n) is 2.10. The normalized spacial score (nSPS) is 15.1. The average Bonchev–Trinajstić information content (AvgIpc) is 2.85. The molecule has 0 radical (unpaired) electrons. The van der Waals surface area contributed by atoms with Crippen LogP contribution in [0.25, 0.3) is 11.5 Å². The third-order valence-corrected chi connectivity index (χ3v) is 2.99. The van der Waals surface area contributed by atoms with Crippen LogP contribution in [0.15, 0.2) is 6.07 Å². The third-order valence-electron chi connectivity index (χ3n) is 2.99. The van der Waals surface area contributed by atoms with Crippen LogP contribution in [-0.4, -0.2) is 32.1 Å². The molecular weight excluding hydrogens is 218 g/mol. The zero-order valence-electron chi connectivity index (χ0n) is 9.74. The molecule has 0 unspecified atom stereocenters. The van der Waals surface area contributed by atoms with Gasteiger partial charge in [0.25, 0.3) is 0 Å². The van der Waals surface area contributed by atoms with Gasteiger partial charge in [-0.05, 0) is 13.0 Å². The standard InChI is InChI=1S/C11H13N5O/c1-6-3-7(15-14-6)11-13-10-8(16(11)2)4-12-5-9(10)17/h3,12H,4-5H2,1-2H3,(H,14,15). The summed E-state index contributed by atoms with van der Waals surface area (Å²) in [5.41, 5.74) is 3.25. The van der Waals surface area contributed by atoms with Crippen molar-refractivity contribution in [1.29, 1.82) is 0 Å². The molecule has 3 heterocycles. The molecule has 88 valence electrons. The maximum absolute atomic E-state index is 11.7. The Morgan fingerprint density at radius 1 is 1.41 bits per heavy atom. The lowest BCUT2D eigenvalue weighted by atomic mass is 10.1. The fraction of sp³-hybridized carbons (Fsp3) is 0.364.